The summed E-state index contributed by atoms with van der Waals surface area (Å²) in [6.45, 7) is 1.25. The fraction of sp³-hybridized carbons (Fsp3) is 0.280. The van der Waals surface area contributed by atoms with Gasteiger partial charge in [0.05, 0.1) is 16.9 Å². The van der Waals surface area contributed by atoms with E-state index in [4.69, 9.17) is 0 Å². The number of hydrogen-bond acceptors (Lipinski definition) is 8. The number of imidazole rings is 1. The van der Waals surface area contributed by atoms with Gasteiger partial charge >= 0.3 is 0 Å². The highest BCUT2D eigenvalue weighted by atomic mass is 32.1. The van der Waals surface area contributed by atoms with Crippen molar-refractivity contribution < 1.29 is 14.0 Å². The Kier molecular flexibility index (Phi) is 8.87. The van der Waals surface area contributed by atoms with E-state index in [9.17, 15) is 14.0 Å². The van der Waals surface area contributed by atoms with E-state index in [1.54, 1.807) is 25.8 Å². The fourth-order valence-corrected chi connectivity index (χ4v) is 4.32. The van der Waals surface area contributed by atoms with Crippen molar-refractivity contribution in [1.29, 1.82) is 0 Å². The van der Waals surface area contributed by atoms with E-state index >= 15 is 0 Å². The third-order valence-corrected chi connectivity index (χ3v) is 6.60. The second-order valence-corrected chi connectivity index (χ2v) is 9.24. The number of anilines is 2. The molecule has 1 aromatic carbocycles. The molecule has 0 unspecified atom stereocenters. The number of aromatic nitrogens is 5. The van der Waals surface area contributed by atoms with Gasteiger partial charge in [-0.15, -0.1) is 0 Å². The summed E-state index contributed by atoms with van der Waals surface area (Å²) in [5.41, 5.74) is 2.05. The lowest BCUT2D eigenvalue weighted by Gasteiger charge is -2.13. The summed E-state index contributed by atoms with van der Waals surface area (Å²) in [6.07, 6.45) is 9.27. The first-order valence-electron chi connectivity index (χ1n) is 11.8. The number of rotatable bonds is 12. The SMILES string of the molecule is CN(C(=O)c1ccc(F)cc1)c1ncc(-c2cc(NCCCCC(=O)NCCc3cnc[nH]3)ncn2)s1. The zero-order valence-corrected chi connectivity index (χ0v) is 21.1. The van der Waals surface area contributed by atoms with Gasteiger partial charge in [-0.1, -0.05) is 11.3 Å². The van der Waals surface area contributed by atoms with Crippen molar-refractivity contribution in [3.8, 4) is 10.6 Å². The van der Waals surface area contributed by atoms with Gasteiger partial charge in [0.15, 0.2) is 5.13 Å². The Balaban J connectivity index is 1.22. The average Bonchev–Trinajstić information content (AvgIpc) is 3.61. The maximum atomic E-state index is 13.2. The first kappa shape index (κ1) is 25.9. The molecule has 0 aliphatic heterocycles. The monoisotopic (exact) mass is 522 g/mol. The van der Waals surface area contributed by atoms with Crippen molar-refractivity contribution >= 4 is 34.1 Å². The van der Waals surface area contributed by atoms with E-state index in [0.717, 1.165) is 29.8 Å². The minimum absolute atomic E-state index is 0.0349. The molecule has 0 fully saturated rings. The molecule has 4 aromatic rings. The number of halogens is 1. The molecule has 2 amide bonds. The molecule has 0 bridgehead atoms. The minimum Gasteiger partial charge on any atom is -0.370 e. The highest BCUT2D eigenvalue weighted by Crippen LogP contribution is 2.30. The van der Waals surface area contributed by atoms with E-state index in [2.05, 4.69) is 35.6 Å². The highest BCUT2D eigenvalue weighted by molar-refractivity contribution is 7.19. The van der Waals surface area contributed by atoms with E-state index < -0.39 is 5.82 Å². The van der Waals surface area contributed by atoms with Gasteiger partial charge in [-0.3, -0.25) is 14.5 Å². The summed E-state index contributed by atoms with van der Waals surface area (Å²) in [5.74, 6) is 0.0245. The number of H-pyrrole nitrogens is 1. The quantitative estimate of drug-likeness (QED) is 0.242. The topological polar surface area (TPSA) is 129 Å². The van der Waals surface area contributed by atoms with Crippen molar-refractivity contribution in [2.45, 2.75) is 25.7 Å². The molecule has 0 radical (unpaired) electrons. The standard InChI is InChI=1S/C25H27FN8O2S/c1-34(24(36)17-5-7-18(26)8-6-17)25-30-14-21(37-25)20-12-22(33-16-32-20)28-10-3-2-4-23(35)29-11-9-19-13-27-15-31-19/h5-8,12-16H,2-4,9-11H2,1H3,(H,27,31)(H,29,35)(H,28,32,33). The number of unbranched alkanes of at least 4 members (excludes halogenated alkanes) is 1. The van der Waals surface area contributed by atoms with E-state index in [0.29, 0.717) is 41.7 Å². The van der Waals surface area contributed by atoms with Gasteiger partial charge in [0.1, 0.15) is 18.0 Å². The maximum Gasteiger partial charge on any atom is 0.259 e. The van der Waals surface area contributed by atoms with Crippen LogP contribution in [0.5, 0.6) is 0 Å². The largest absolute Gasteiger partial charge is 0.370 e. The van der Waals surface area contributed by atoms with Crippen molar-refractivity contribution in [3.63, 3.8) is 0 Å². The van der Waals surface area contributed by atoms with Crippen LogP contribution in [-0.4, -0.2) is 56.9 Å². The lowest BCUT2D eigenvalue weighted by molar-refractivity contribution is -0.121. The zero-order valence-electron chi connectivity index (χ0n) is 20.3. The highest BCUT2D eigenvalue weighted by Gasteiger charge is 2.18. The predicted octanol–water partition coefficient (Wildman–Crippen LogP) is 3.68. The number of nitrogens with one attached hydrogen (secondary N) is 3. The minimum atomic E-state index is -0.397. The number of nitrogens with zero attached hydrogens (tertiary/aromatic N) is 5. The summed E-state index contributed by atoms with van der Waals surface area (Å²) in [6, 6.07) is 7.22. The van der Waals surface area contributed by atoms with Crippen molar-refractivity contribution in [3.05, 3.63) is 72.5 Å². The van der Waals surface area contributed by atoms with Gasteiger partial charge < -0.3 is 15.6 Å². The van der Waals surface area contributed by atoms with Crippen LogP contribution in [0.25, 0.3) is 10.6 Å². The Morgan fingerprint density at radius 3 is 2.70 bits per heavy atom. The molecule has 4 rings (SSSR count). The summed E-state index contributed by atoms with van der Waals surface area (Å²) >= 11 is 1.32. The fourth-order valence-electron chi connectivity index (χ4n) is 3.47. The van der Waals surface area contributed by atoms with Crippen LogP contribution in [0.1, 0.15) is 35.3 Å². The number of aromatic amines is 1. The molecule has 37 heavy (non-hydrogen) atoms. The maximum absolute atomic E-state index is 13.2. The van der Waals surface area contributed by atoms with Crippen LogP contribution >= 0.6 is 11.3 Å². The van der Waals surface area contributed by atoms with Crippen LogP contribution in [0.2, 0.25) is 0 Å². The van der Waals surface area contributed by atoms with Gasteiger partial charge in [-0.05, 0) is 37.1 Å². The molecule has 0 aliphatic rings. The first-order valence-corrected chi connectivity index (χ1v) is 12.6. The smallest absolute Gasteiger partial charge is 0.259 e. The number of amides is 2. The molecule has 3 aromatic heterocycles. The van der Waals surface area contributed by atoms with Crippen LogP contribution in [0.4, 0.5) is 15.3 Å². The van der Waals surface area contributed by atoms with Crippen LogP contribution in [0, 0.1) is 5.82 Å². The Bertz CT molecular complexity index is 1310. The molecule has 192 valence electrons. The Morgan fingerprint density at radius 1 is 1.08 bits per heavy atom. The summed E-state index contributed by atoms with van der Waals surface area (Å²) in [7, 11) is 1.63. The lowest BCUT2D eigenvalue weighted by Crippen LogP contribution is -2.25. The third kappa shape index (κ3) is 7.40. The van der Waals surface area contributed by atoms with Gasteiger partial charge in [-0.2, -0.15) is 0 Å². The summed E-state index contributed by atoms with van der Waals surface area (Å²) in [5, 5.41) is 6.67. The van der Waals surface area contributed by atoms with E-state index in [1.165, 1.54) is 46.8 Å². The molecule has 10 nitrogen and oxygen atoms in total. The van der Waals surface area contributed by atoms with Crippen LogP contribution in [0.3, 0.4) is 0 Å². The zero-order chi connectivity index (χ0) is 26.0. The van der Waals surface area contributed by atoms with Crippen molar-refractivity contribution in [2.24, 2.45) is 0 Å². The van der Waals surface area contributed by atoms with Crippen molar-refractivity contribution in [2.75, 3.05) is 30.4 Å². The number of benzene rings is 1. The second kappa shape index (κ2) is 12.7. The first-order chi connectivity index (χ1) is 18.0. The van der Waals surface area contributed by atoms with Gasteiger partial charge in [-0.25, -0.2) is 24.3 Å². The number of hydrogen-bond donors (Lipinski definition) is 3. The molecule has 3 N–H and O–H groups in total. The Morgan fingerprint density at radius 2 is 1.92 bits per heavy atom. The molecule has 0 aliphatic carbocycles. The number of thiazole rings is 1. The lowest BCUT2D eigenvalue weighted by atomic mass is 10.2. The van der Waals surface area contributed by atoms with Crippen LogP contribution in [0.15, 0.2) is 55.4 Å². The predicted molar refractivity (Wildman–Crippen MR) is 140 cm³/mol. The summed E-state index contributed by atoms with van der Waals surface area (Å²) in [4.78, 5) is 46.8. The molecular weight excluding hydrogens is 495 g/mol. The molecule has 0 spiro atoms. The molecule has 0 saturated carbocycles. The van der Waals surface area contributed by atoms with E-state index in [-0.39, 0.29) is 11.8 Å². The molecular formula is C25H27FN8O2S. The Hall–Kier alpha value is -4.19. The summed E-state index contributed by atoms with van der Waals surface area (Å²) < 4.78 is 13.2. The van der Waals surface area contributed by atoms with Gasteiger partial charge in [0.25, 0.3) is 5.91 Å². The van der Waals surface area contributed by atoms with Gasteiger partial charge in [0, 0.05) is 62.7 Å². The molecule has 0 saturated heterocycles. The van der Waals surface area contributed by atoms with Crippen LogP contribution < -0.4 is 15.5 Å². The normalized spacial score (nSPS) is 10.8. The molecule has 3 heterocycles. The average molecular weight is 523 g/mol. The second-order valence-electron chi connectivity index (χ2n) is 8.23. The molecule has 0 atom stereocenters. The third-order valence-electron chi connectivity index (χ3n) is 5.50. The molecule has 12 heteroatoms. The number of carbonyl (C=O) groups excluding carboxylic acids is 2. The van der Waals surface area contributed by atoms with Crippen LogP contribution in [-0.2, 0) is 11.2 Å². The van der Waals surface area contributed by atoms with E-state index in [1.807, 2.05) is 6.07 Å². The number of carbonyl (C=O) groups is 2. The Labute approximate surface area is 217 Å². The van der Waals surface area contributed by atoms with Gasteiger partial charge in [0.2, 0.25) is 5.91 Å². The van der Waals surface area contributed by atoms with Crippen molar-refractivity contribution in [1.82, 2.24) is 30.2 Å².